The molecule has 0 aromatic heterocycles. The average molecular weight is 840 g/mol. The topological polar surface area (TPSA) is 82.1 Å². The van der Waals surface area contributed by atoms with Crippen LogP contribution in [0.3, 0.4) is 0 Å². The van der Waals surface area contributed by atoms with Crippen molar-refractivity contribution in [2.45, 2.75) is 6.42 Å². The van der Waals surface area contributed by atoms with Crippen molar-refractivity contribution in [2.24, 2.45) is 0 Å². The van der Waals surface area contributed by atoms with Crippen LogP contribution < -0.4 is 14.4 Å². The largest absolute Gasteiger partial charge is 0.462 e. The van der Waals surface area contributed by atoms with Crippen molar-refractivity contribution < 1.29 is 28.6 Å². The lowest BCUT2D eigenvalue weighted by Crippen LogP contribution is -2.10. The Labute approximate surface area is 373 Å². The van der Waals surface area contributed by atoms with E-state index in [1.807, 2.05) is 72.8 Å². The van der Waals surface area contributed by atoms with Gasteiger partial charge < -0.3 is 19.1 Å². The fraction of sp³-hybridized carbons (Fsp3) is 0.0351. The van der Waals surface area contributed by atoms with E-state index in [9.17, 15) is 14.4 Å². The number of hydrogen-bond acceptors (Lipinski definition) is 7. The van der Waals surface area contributed by atoms with Crippen molar-refractivity contribution >= 4 is 58.3 Å². The van der Waals surface area contributed by atoms with Gasteiger partial charge in [0.05, 0.1) is 6.61 Å². The molecule has 7 nitrogen and oxygen atoms in total. The van der Waals surface area contributed by atoms with Gasteiger partial charge in [-0.1, -0.05) is 141 Å². The molecule has 0 fully saturated rings. The number of carbonyl (C=O) groups is 3. The Bertz CT molecular complexity index is 2630. The third kappa shape index (κ3) is 11.4. The fourth-order valence-corrected chi connectivity index (χ4v) is 6.98. The number of carbonyl (C=O) groups excluding carboxylic acids is 3. The molecule has 0 aliphatic carbocycles. The Kier molecular flexibility index (Phi) is 14.5. The van der Waals surface area contributed by atoms with Gasteiger partial charge in [0.2, 0.25) is 0 Å². The number of hydrogen-bond donors (Lipinski definition) is 0. The first kappa shape index (κ1) is 43.5. The van der Waals surface area contributed by atoms with E-state index in [1.54, 1.807) is 24.3 Å². The summed E-state index contributed by atoms with van der Waals surface area (Å²) >= 11 is 0. The van der Waals surface area contributed by atoms with E-state index in [1.165, 1.54) is 6.08 Å². The second kappa shape index (κ2) is 21.3. The van der Waals surface area contributed by atoms with Gasteiger partial charge in [-0.25, -0.2) is 14.4 Å². The van der Waals surface area contributed by atoms with Crippen molar-refractivity contribution in [1.82, 2.24) is 0 Å². The highest BCUT2D eigenvalue weighted by atomic mass is 16.5. The molecule has 7 rings (SSSR count). The minimum atomic E-state index is -0.512. The molecule has 0 bridgehead atoms. The number of ether oxygens (including phenoxy) is 3. The Morgan fingerprint density at radius 3 is 1.16 bits per heavy atom. The molecule has 0 N–H and O–H groups in total. The normalized spacial score (nSPS) is 11.2. The van der Waals surface area contributed by atoms with Gasteiger partial charge >= 0.3 is 17.9 Å². The van der Waals surface area contributed by atoms with Crippen LogP contribution in [0.25, 0.3) is 23.3 Å². The standard InChI is InChI=1S/C57H45NO6/c1-4-55(59)62-38-37-41-17-27-48(28-18-41)58(49-29-19-42(20-30-49)39-53(44-13-9-7-10-14-44)46-23-33-51(34-24-46)63-56(60)5-2)50-31-21-43(22-32-50)40-54(45-15-11-8-12-16-45)47-25-35-52(36-26-47)64-57(61)6-3/h4-36,39-40H,1-3,37-38H2. The summed E-state index contributed by atoms with van der Waals surface area (Å²) in [6, 6.07) is 60.2. The summed E-state index contributed by atoms with van der Waals surface area (Å²) in [6.45, 7) is 10.7. The van der Waals surface area contributed by atoms with Gasteiger partial charge in [0, 0.05) is 41.7 Å². The Morgan fingerprint density at radius 2 is 0.781 bits per heavy atom. The van der Waals surface area contributed by atoms with Gasteiger partial charge in [0.25, 0.3) is 0 Å². The predicted octanol–water partition coefficient (Wildman–Crippen LogP) is 12.8. The van der Waals surface area contributed by atoms with Crippen LogP contribution >= 0.6 is 0 Å². The van der Waals surface area contributed by atoms with Crippen LogP contribution in [-0.4, -0.2) is 24.5 Å². The maximum Gasteiger partial charge on any atom is 0.335 e. The van der Waals surface area contributed by atoms with Gasteiger partial charge in [-0.05, 0) is 123 Å². The quantitative estimate of drug-likeness (QED) is 0.0391. The Hall–Kier alpha value is -8.55. The van der Waals surface area contributed by atoms with Crippen LogP contribution in [0.2, 0.25) is 0 Å². The lowest BCUT2D eigenvalue weighted by molar-refractivity contribution is -0.137. The highest BCUT2D eigenvalue weighted by Crippen LogP contribution is 2.37. The first-order valence-electron chi connectivity index (χ1n) is 20.6. The third-order valence-corrected chi connectivity index (χ3v) is 10.2. The molecule has 0 heterocycles. The molecular formula is C57H45NO6. The summed E-state index contributed by atoms with van der Waals surface area (Å²) in [5.74, 6) is -0.587. The fourth-order valence-electron chi connectivity index (χ4n) is 6.98. The van der Waals surface area contributed by atoms with Crippen molar-refractivity contribution in [3.05, 3.63) is 259 Å². The number of benzene rings is 7. The van der Waals surface area contributed by atoms with Gasteiger partial charge in [0.1, 0.15) is 11.5 Å². The average Bonchev–Trinajstić information content (AvgIpc) is 3.35. The van der Waals surface area contributed by atoms with E-state index in [0.717, 1.165) is 79.3 Å². The summed E-state index contributed by atoms with van der Waals surface area (Å²) < 4.78 is 15.9. The lowest BCUT2D eigenvalue weighted by atomic mass is 9.95. The molecule has 0 aliphatic heterocycles. The summed E-state index contributed by atoms with van der Waals surface area (Å²) in [6.07, 6.45) is 8.31. The minimum Gasteiger partial charge on any atom is -0.462 e. The van der Waals surface area contributed by atoms with Crippen molar-refractivity contribution in [1.29, 1.82) is 0 Å². The zero-order chi connectivity index (χ0) is 44.7. The van der Waals surface area contributed by atoms with Crippen LogP contribution in [0.5, 0.6) is 11.5 Å². The first-order valence-corrected chi connectivity index (χ1v) is 20.6. The monoisotopic (exact) mass is 839 g/mol. The molecule has 7 aromatic carbocycles. The number of rotatable bonds is 17. The maximum absolute atomic E-state index is 11.8. The van der Waals surface area contributed by atoms with Crippen molar-refractivity contribution in [3.63, 3.8) is 0 Å². The van der Waals surface area contributed by atoms with Gasteiger partial charge in [-0.3, -0.25) is 0 Å². The maximum atomic E-state index is 11.8. The zero-order valence-electron chi connectivity index (χ0n) is 35.1. The van der Waals surface area contributed by atoms with Crippen molar-refractivity contribution in [3.8, 4) is 11.5 Å². The number of nitrogens with zero attached hydrogens (tertiary/aromatic N) is 1. The predicted molar refractivity (Wildman–Crippen MR) is 257 cm³/mol. The molecule has 0 amide bonds. The molecule has 64 heavy (non-hydrogen) atoms. The smallest absolute Gasteiger partial charge is 0.335 e. The van der Waals surface area contributed by atoms with Crippen LogP contribution in [0.4, 0.5) is 17.1 Å². The first-order chi connectivity index (χ1) is 31.3. The molecule has 0 radical (unpaired) electrons. The summed E-state index contributed by atoms with van der Waals surface area (Å²) in [7, 11) is 0. The summed E-state index contributed by atoms with van der Waals surface area (Å²) in [5, 5.41) is 0. The summed E-state index contributed by atoms with van der Waals surface area (Å²) in [4.78, 5) is 37.4. The Morgan fingerprint density at radius 1 is 0.422 bits per heavy atom. The van der Waals surface area contributed by atoms with E-state index in [4.69, 9.17) is 14.2 Å². The molecule has 0 saturated heterocycles. The van der Waals surface area contributed by atoms with E-state index in [0.29, 0.717) is 17.9 Å². The minimum absolute atomic E-state index is 0.258. The zero-order valence-corrected chi connectivity index (χ0v) is 35.1. The highest BCUT2D eigenvalue weighted by Gasteiger charge is 2.15. The van der Waals surface area contributed by atoms with Crippen LogP contribution in [0, 0.1) is 0 Å². The lowest BCUT2D eigenvalue weighted by Gasteiger charge is -2.26. The van der Waals surface area contributed by atoms with Crippen LogP contribution in [0.1, 0.15) is 38.9 Å². The number of esters is 3. The van der Waals surface area contributed by atoms with Crippen LogP contribution in [-0.2, 0) is 25.5 Å². The summed E-state index contributed by atoms with van der Waals surface area (Å²) in [5.41, 5.74) is 11.9. The second-order valence-corrected chi connectivity index (χ2v) is 14.5. The van der Waals surface area contributed by atoms with E-state index in [2.05, 4.69) is 122 Å². The molecule has 0 aliphatic rings. The SMILES string of the molecule is C=CC(=O)OCCc1ccc(N(c2ccc(C=C(c3ccccc3)c3ccc(OC(=O)C=C)cc3)cc2)c2ccc(C=C(c3ccccc3)c3ccc(OC(=O)C=C)cc3)cc2)cc1. The van der Waals surface area contributed by atoms with E-state index >= 15 is 0 Å². The van der Waals surface area contributed by atoms with E-state index < -0.39 is 17.9 Å². The Balaban J connectivity index is 1.23. The molecule has 314 valence electrons. The number of anilines is 3. The van der Waals surface area contributed by atoms with E-state index in [-0.39, 0.29) is 6.61 Å². The third-order valence-electron chi connectivity index (χ3n) is 10.2. The van der Waals surface area contributed by atoms with Crippen LogP contribution in [0.15, 0.2) is 220 Å². The molecular weight excluding hydrogens is 795 g/mol. The van der Waals surface area contributed by atoms with Crippen molar-refractivity contribution in [2.75, 3.05) is 11.5 Å². The molecule has 0 unspecified atom stereocenters. The molecule has 7 heteroatoms. The molecule has 0 atom stereocenters. The molecule has 7 aromatic rings. The second-order valence-electron chi connectivity index (χ2n) is 14.5. The van der Waals surface area contributed by atoms with Gasteiger partial charge in [-0.2, -0.15) is 0 Å². The molecule has 0 spiro atoms. The van der Waals surface area contributed by atoms with Gasteiger partial charge in [-0.15, -0.1) is 0 Å². The molecule has 0 saturated carbocycles. The van der Waals surface area contributed by atoms with Gasteiger partial charge in [0.15, 0.2) is 0 Å². The highest BCUT2D eigenvalue weighted by molar-refractivity contribution is 5.93.